The first kappa shape index (κ1) is 16.5. The number of likely N-dealkylation sites (tertiary alicyclic amines) is 1. The Kier molecular flexibility index (Phi) is 5.16. The van der Waals surface area contributed by atoms with Crippen molar-refractivity contribution in [2.45, 2.75) is 18.9 Å². The van der Waals surface area contributed by atoms with Crippen molar-refractivity contribution in [2.75, 3.05) is 20.2 Å². The maximum Gasteiger partial charge on any atom is 0.307 e. The summed E-state index contributed by atoms with van der Waals surface area (Å²) in [5, 5.41) is 9.41. The van der Waals surface area contributed by atoms with Crippen LogP contribution in [0.4, 0.5) is 0 Å². The molecule has 2 atom stereocenters. The minimum atomic E-state index is -0.697. The van der Waals surface area contributed by atoms with Crippen molar-refractivity contribution in [3.05, 3.63) is 65.7 Å². The second-order valence-corrected chi connectivity index (χ2v) is 6.26. The molecule has 0 aromatic heterocycles. The number of nitrogens with zero attached hydrogens (tertiary/aromatic N) is 1. The number of piperidine rings is 1. The zero-order chi connectivity index (χ0) is 16.9. The molecule has 2 aromatic carbocycles. The Bertz CT molecular complexity index is 686. The molecule has 4 nitrogen and oxygen atoms in total. The zero-order valence-corrected chi connectivity index (χ0v) is 13.9. The lowest BCUT2D eigenvalue weighted by atomic mass is 9.91. The maximum absolute atomic E-state index is 11.4. The number of carboxylic acid groups (broad SMARTS) is 1. The summed E-state index contributed by atoms with van der Waals surface area (Å²) in [6.07, 6.45) is 1.66. The standard InChI is InChI=1S/C20H23NO3/c1-24-18-11-5-9-16(13-18)19(15-7-3-2-4-8-15)21-12-6-10-17(14-21)20(22)23/h2-5,7-9,11,13,17,19H,6,10,12,14H2,1H3,(H,22,23). The van der Waals surface area contributed by atoms with Gasteiger partial charge in [0.1, 0.15) is 5.75 Å². The average molecular weight is 325 g/mol. The minimum Gasteiger partial charge on any atom is -0.497 e. The summed E-state index contributed by atoms with van der Waals surface area (Å²) >= 11 is 0. The third-order valence-electron chi connectivity index (χ3n) is 4.69. The first-order valence-corrected chi connectivity index (χ1v) is 8.35. The van der Waals surface area contributed by atoms with Crippen molar-refractivity contribution in [3.63, 3.8) is 0 Å². The van der Waals surface area contributed by atoms with Crippen LogP contribution in [0.25, 0.3) is 0 Å². The molecule has 2 unspecified atom stereocenters. The smallest absolute Gasteiger partial charge is 0.307 e. The average Bonchev–Trinajstić information content (AvgIpc) is 2.63. The second kappa shape index (κ2) is 7.49. The first-order valence-electron chi connectivity index (χ1n) is 8.35. The van der Waals surface area contributed by atoms with Gasteiger partial charge in [-0.2, -0.15) is 0 Å². The molecule has 0 amide bonds. The molecule has 1 saturated heterocycles. The zero-order valence-electron chi connectivity index (χ0n) is 13.9. The molecule has 0 saturated carbocycles. The molecule has 0 bridgehead atoms. The van der Waals surface area contributed by atoms with Gasteiger partial charge in [-0.05, 0) is 42.6 Å². The number of hydrogen-bond donors (Lipinski definition) is 1. The molecular weight excluding hydrogens is 302 g/mol. The van der Waals surface area contributed by atoms with Crippen LogP contribution in [0.3, 0.4) is 0 Å². The van der Waals surface area contributed by atoms with Gasteiger partial charge in [0, 0.05) is 6.54 Å². The number of benzene rings is 2. The molecule has 24 heavy (non-hydrogen) atoms. The van der Waals surface area contributed by atoms with E-state index >= 15 is 0 Å². The summed E-state index contributed by atoms with van der Waals surface area (Å²) < 4.78 is 5.37. The van der Waals surface area contributed by atoms with E-state index < -0.39 is 5.97 Å². The van der Waals surface area contributed by atoms with Crippen molar-refractivity contribution in [1.82, 2.24) is 4.90 Å². The van der Waals surface area contributed by atoms with Crippen LogP contribution in [0.1, 0.15) is 30.0 Å². The van der Waals surface area contributed by atoms with E-state index in [1.54, 1.807) is 7.11 Å². The normalized spacial score (nSPS) is 19.6. The summed E-state index contributed by atoms with van der Waals surface area (Å²) in [5.41, 5.74) is 2.31. The highest BCUT2D eigenvalue weighted by molar-refractivity contribution is 5.70. The van der Waals surface area contributed by atoms with E-state index in [1.807, 2.05) is 36.4 Å². The molecule has 1 N–H and O–H groups in total. The van der Waals surface area contributed by atoms with Gasteiger partial charge in [0.15, 0.2) is 0 Å². The molecule has 4 heteroatoms. The fraction of sp³-hybridized carbons (Fsp3) is 0.350. The number of ether oxygens (including phenoxy) is 1. The monoisotopic (exact) mass is 325 g/mol. The van der Waals surface area contributed by atoms with Gasteiger partial charge in [-0.15, -0.1) is 0 Å². The van der Waals surface area contributed by atoms with Crippen LogP contribution in [0, 0.1) is 5.92 Å². The molecule has 1 fully saturated rings. The van der Waals surface area contributed by atoms with Crippen molar-refractivity contribution in [2.24, 2.45) is 5.92 Å². The third kappa shape index (κ3) is 3.60. The van der Waals surface area contributed by atoms with Crippen LogP contribution in [0.5, 0.6) is 5.75 Å². The Labute approximate surface area is 142 Å². The van der Waals surface area contributed by atoms with E-state index in [0.29, 0.717) is 6.54 Å². The second-order valence-electron chi connectivity index (χ2n) is 6.26. The molecule has 0 aliphatic carbocycles. The van der Waals surface area contributed by atoms with Gasteiger partial charge < -0.3 is 9.84 Å². The van der Waals surface area contributed by atoms with E-state index in [2.05, 4.69) is 23.1 Å². The molecular formula is C20H23NO3. The van der Waals surface area contributed by atoms with Gasteiger partial charge in [-0.3, -0.25) is 9.69 Å². The molecule has 1 heterocycles. The Morgan fingerprint density at radius 1 is 1.17 bits per heavy atom. The Hall–Kier alpha value is -2.33. The summed E-state index contributed by atoms with van der Waals surface area (Å²) in [4.78, 5) is 13.7. The van der Waals surface area contributed by atoms with E-state index in [0.717, 1.165) is 30.7 Å². The first-order chi connectivity index (χ1) is 11.7. The van der Waals surface area contributed by atoms with Crippen molar-refractivity contribution < 1.29 is 14.6 Å². The van der Waals surface area contributed by atoms with Crippen LogP contribution in [0.15, 0.2) is 54.6 Å². The Morgan fingerprint density at radius 2 is 1.92 bits per heavy atom. The van der Waals surface area contributed by atoms with E-state index in [9.17, 15) is 9.90 Å². The SMILES string of the molecule is COc1cccc(C(c2ccccc2)N2CCCC(C(=O)O)C2)c1. The van der Waals surface area contributed by atoms with Crippen LogP contribution < -0.4 is 4.74 Å². The molecule has 2 aromatic rings. The van der Waals surface area contributed by atoms with E-state index in [1.165, 1.54) is 5.56 Å². The number of carboxylic acids is 1. The highest BCUT2D eigenvalue weighted by atomic mass is 16.5. The fourth-order valence-electron chi connectivity index (χ4n) is 3.50. The number of aliphatic carboxylic acids is 1. The van der Waals surface area contributed by atoms with Crippen molar-refractivity contribution >= 4 is 5.97 Å². The molecule has 1 aliphatic rings. The Morgan fingerprint density at radius 3 is 2.62 bits per heavy atom. The van der Waals surface area contributed by atoms with E-state index in [-0.39, 0.29) is 12.0 Å². The molecule has 0 radical (unpaired) electrons. The third-order valence-corrected chi connectivity index (χ3v) is 4.69. The van der Waals surface area contributed by atoms with Crippen LogP contribution >= 0.6 is 0 Å². The van der Waals surface area contributed by atoms with Gasteiger partial charge in [0.25, 0.3) is 0 Å². The lowest BCUT2D eigenvalue weighted by Crippen LogP contribution is -2.41. The number of hydrogen-bond acceptors (Lipinski definition) is 3. The number of methoxy groups -OCH3 is 1. The highest BCUT2D eigenvalue weighted by Gasteiger charge is 2.31. The van der Waals surface area contributed by atoms with Gasteiger partial charge in [-0.1, -0.05) is 42.5 Å². The lowest BCUT2D eigenvalue weighted by Gasteiger charge is -2.37. The summed E-state index contributed by atoms with van der Waals surface area (Å²) in [6, 6.07) is 18.4. The summed E-state index contributed by atoms with van der Waals surface area (Å²) in [5.74, 6) is -0.173. The highest BCUT2D eigenvalue weighted by Crippen LogP contribution is 2.33. The summed E-state index contributed by atoms with van der Waals surface area (Å²) in [7, 11) is 1.66. The molecule has 3 rings (SSSR count). The van der Waals surface area contributed by atoms with E-state index in [4.69, 9.17) is 4.74 Å². The predicted molar refractivity (Wildman–Crippen MR) is 93.2 cm³/mol. The minimum absolute atomic E-state index is 0.0449. The van der Waals surface area contributed by atoms with Gasteiger partial charge in [0.05, 0.1) is 19.1 Å². The number of rotatable bonds is 5. The van der Waals surface area contributed by atoms with Crippen molar-refractivity contribution in [1.29, 1.82) is 0 Å². The van der Waals surface area contributed by atoms with Crippen LogP contribution in [-0.4, -0.2) is 36.2 Å². The Balaban J connectivity index is 1.97. The van der Waals surface area contributed by atoms with Gasteiger partial charge in [-0.25, -0.2) is 0 Å². The quantitative estimate of drug-likeness (QED) is 0.913. The molecule has 0 spiro atoms. The largest absolute Gasteiger partial charge is 0.497 e. The van der Waals surface area contributed by atoms with Gasteiger partial charge in [0.2, 0.25) is 0 Å². The van der Waals surface area contributed by atoms with Crippen molar-refractivity contribution in [3.8, 4) is 5.75 Å². The maximum atomic E-state index is 11.4. The van der Waals surface area contributed by atoms with Gasteiger partial charge >= 0.3 is 5.97 Å². The fourth-order valence-corrected chi connectivity index (χ4v) is 3.50. The molecule has 126 valence electrons. The molecule has 1 aliphatic heterocycles. The van der Waals surface area contributed by atoms with Crippen LogP contribution in [0.2, 0.25) is 0 Å². The number of carbonyl (C=O) groups is 1. The lowest BCUT2D eigenvalue weighted by molar-refractivity contribution is -0.143. The summed E-state index contributed by atoms with van der Waals surface area (Å²) in [6.45, 7) is 1.48. The predicted octanol–water partition coefficient (Wildman–Crippen LogP) is 3.58. The van der Waals surface area contributed by atoms with Crippen LogP contribution in [-0.2, 0) is 4.79 Å². The topological polar surface area (TPSA) is 49.8 Å².